The van der Waals surface area contributed by atoms with E-state index in [-0.39, 0.29) is 10.8 Å². The molecule has 0 amide bonds. The molecule has 0 atom stereocenters. The second-order valence-electron chi connectivity index (χ2n) is 27.6. The van der Waals surface area contributed by atoms with Crippen molar-refractivity contribution in [1.29, 1.82) is 0 Å². The van der Waals surface area contributed by atoms with Gasteiger partial charge in [0.2, 0.25) is 0 Å². The van der Waals surface area contributed by atoms with Gasteiger partial charge in [-0.15, -0.1) is 0 Å². The lowest BCUT2D eigenvalue weighted by Gasteiger charge is -2.58. The standard InChI is InChI=1S/C76H14/c1-3-7-13(8-4-1)15-11-75-71-63-55-45-35-27-19-17-18-21-25-23(19)31-39-33(25)43-37-29(21)30-22(18)26-24-20(17)28(27)36-42-32(24)40-34(26)44-38(30)48-47(37)57-51(43)61-53(39)59(49(55)41(31)35)67(71)69(61)73-65(57)66-58(48)52(44)62-54(40)60-50(42)56(46(36)45)64(63)72(75)68(60)70(62)74(66)76(73,75)12-16(15)14-9-5-2-6-10-14/h1-10H,11-12H2. The van der Waals surface area contributed by atoms with Crippen molar-refractivity contribution in [2.45, 2.75) is 23.7 Å². The van der Waals surface area contributed by atoms with Gasteiger partial charge in [0.25, 0.3) is 0 Å². The van der Waals surface area contributed by atoms with E-state index in [1.165, 1.54) is 11.1 Å². The summed E-state index contributed by atoms with van der Waals surface area (Å²) in [5.41, 5.74) is 12.6. The summed E-state index contributed by atoms with van der Waals surface area (Å²) in [6.45, 7) is 0. The van der Waals surface area contributed by atoms with Crippen LogP contribution in [0.3, 0.4) is 0 Å². The van der Waals surface area contributed by atoms with E-state index in [0.29, 0.717) is 0 Å². The molecule has 5 aliphatic carbocycles. The third kappa shape index (κ3) is 1.62. The number of hydrogen-bond donors (Lipinski definition) is 0. The second kappa shape index (κ2) is 6.81. The molecule has 76 heavy (non-hydrogen) atoms. The van der Waals surface area contributed by atoms with Crippen molar-refractivity contribution in [2.75, 3.05) is 0 Å². The molecule has 30 aromatic carbocycles. The minimum absolute atomic E-state index is 0.290. The van der Waals surface area contributed by atoms with Gasteiger partial charge in [-0.05, 0) is 348 Å². The quantitative estimate of drug-likeness (QED) is 0.152. The maximum Gasteiger partial charge on any atom is 0.0410 e. The molecule has 35 rings (SSSR count). The van der Waals surface area contributed by atoms with Gasteiger partial charge in [0.05, 0.1) is 0 Å². The van der Waals surface area contributed by atoms with Crippen molar-refractivity contribution in [3.05, 3.63) is 94.0 Å². The summed E-state index contributed by atoms with van der Waals surface area (Å²) in [5.74, 6) is 0. The fourth-order valence-electron chi connectivity index (χ4n) is 26.8. The molecule has 30 aromatic rings. The number of allylic oxidation sites excluding steroid dienone is 2. The minimum Gasteiger partial charge on any atom is -0.0622 e. The van der Waals surface area contributed by atoms with Gasteiger partial charge >= 0.3 is 0 Å². The highest BCUT2D eigenvalue weighted by Gasteiger charge is 2.71. The van der Waals surface area contributed by atoms with E-state index in [0.717, 1.165) is 12.8 Å². The van der Waals surface area contributed by atoms with Crippen LogP contribution in [0.25, 0.3) is 302 Å². The SMILES string of the molecule is c1ccc(C2=C(c3ccccc3)CC34c5c6c7c8c9c%10c(c%11c%12c3c3c5c5c%13c6c6c7c7c9c9c%14c%10c%10c%11c%11c%12c%12c3c3c5c5c%13c%13c6c6c7c9c7c9c%14c%10c%10c%11c%11c%12c3c3c5c5c%13c6c7c6c9c%10c%11c3c56)C84C2)cc1. The van der Waals surface area contributed by atoms with Crippen molar-refractivity contribution >= 4 is 302 Å². The minimum atomic E-state index is -0.290. The highest BCUT2D eigenvalue weighted by molar-refractivity contribution is 6.82. The van der Waals surface area contributed by atoms with Crippen LogP contribution in [-0.2, 0) is 10.8 Å². The summed E-state index contributed by atoms with van der Waals surface area (Å²) >= 11 is 0. The third-order valence-corrected chi connectivity index (χ3v) is 27.2. The van der Waals surface area contributed by atoms with Crippen molar-refractivity contribution in [3.8, 4) is 0 Å². The van der Waals surface area contributed by atoms with Gasteiger partial charge in [0, 0.05) is 10.8 Å². The Morgan fingerprint density at radius 3 is 0.434 bits per heavy atom. The van der Waals surface area contributed by atoms with Crippen molar-refractivity contribution < 1.29 is 0 Å². The van der Waals surface area contributed by atoms with Gasteiger partial charge in [-0.1, -0.05) is 60.7 Å². The average Bonchev–Trinajstić information content (AvgIpc) is 2.90. The van der Waals surface area contributed by atoms with E-state index in [2.05, 4.69) is 60.7 Å². The molecule has 0 bridgehead atoms. The highest BCUT2D eigenvalue weighted by atomic mass is 14.7. The van der Waals surface area contributed by atoms with E-state index in [4.69, 9.17) is 0 Å². The molecule has 0 heterocycles. The number of benzene rings is 20. The van der Waals surface area contributed by atoms with Crippen LogP contribution in [0, 0.1) is 0 Å². The third-order valence-electron chi connectivity index (χ3n) is 27.2. The van der Waals surface area contributed by atoms with Gasteiger partial charge in [-0.2, -0.15) is 0 Å². The maximum atomic E-state index is 2.49. The Balaban J connectivity index is 1.09. The maximum absolute atomic E-state index is 2.49. The zero-order valence-corrected chi connectivity index (χ0v) is 39.2. The Morgan fingerprint density at radius 2 is 0.289 bits per heavy atom. The van der Waals surface area contributed by atoms with Gasteiger partial charge in [-0.25, -0.2) is 0 Å². The van der Waals surface area contributed by atoms with E-state index in [9.17, 15) is 0 Å². The summed E-state index contributed by atoms with van der Waals surface area (Å²) in [7, 11) is 0. The fraction of sp³-hybridized carbons (Fsp3) is 0.0526. The second-order valence-corrected chi connectivity index (χ2v) is 27.6. The van der Waals surface area contributed by atoms with E-state index < -0.39 is 0 Å². The zero-order valence-electron chi connectivity index (χ0n) is 39.2. The molecule has 0 nitrogen and oxygen atoms in total. The number of rotatable bonds is 2. The van der Waals surface area contributed by atoms with Gasteiger partial charge in [-0.3, -0.25) is 0 Å². The molecule has 0 radical (unpaired) electrons. The molecule has 0 aliphatic heterocycles. The Bertz CT molecular complexity index is 7200. The monoisotopic (exact) mass is 926 g/mol. The lowest BCUT2D eigenvalue weighted by Crippen LogP contribution is -2.54. The summed E-state index contributed by atoms with van der Waals surface area (Å²) in [6.07, 6.45) is 2.05. The molecule has 0 saturated heterocycles. The predicted molar refractivity (Wildman–Crippen MR) is 323 cm³/mol. The van der Waals surface area contributed by atoms with Crippen molar-refractivity contribution in [1.82, 2.24) is 0 Å². The Morgan fingerprint density at radius 1 is 0.158 bits per heavy atom. The van der Waals surface area contributed by atoms with Crippen LogP contribution in [0.15, 0.2) is 60.7 Å². The molecule has 0 aromatic heterocycles. The Labute approximate surface area is 417 Å². The normalized spacial score (nSPS) is 21.9. The van der Waals surface area contributed by atoms with Crippen LogP contribution >= 0.6 is 0 Å². The van der Waals surface area contributed by atoms with Crippen LogP contribution in [-0.4, -0.2) is 0 Å². The molecule has 0 heteroatoms. The molecule has 0 unspecified atom stereocenters. The first-order valence-corrected chi connectivity index (χ1v) is 28.5. The first kappa shape index (κ1) is 28.9. The summed E-state index contributed by atoms with van der Waals surface area (Å²) in [6, 6.07) is 23.8. The summed E-state index contributed by atoms with van der Waals surface area (Å²) in [4.78, 5) is 0. The molecule has 0 N–H and O–H groups in total. The molecule has 0 saturated carbocycles. The van der Waals surface area contributed by atoms with Gasteiger partial charge < -0.3 is 0 Å². The summed E-state index contributed by atoms with van der Waals surface area (Å²) < 4.78 is 0. The molecular formula is C76H14. The van der Waals surface area contributed by atoms with E-state index >= 15 is 0 Å². The molecule has 0 fully saturated rings. The Hall–Kier alpha value is -9.36. The van der Waals surface area contributed by atoms with Gasteiger partial charge in [0.15, 0.2) is 0 Å². The van der Waals surface area contributed by atoms with Crippen molar-refractivity contribution in [2.24, 2.45) is 0 Å². The molecule has 318 valence electrons. The van der Waals surface area contributed by atoms with Crippen LogP contribution < -0.4 is 0 Å². The summed E-state index contributed by atoms with van der Waals surface area (Å²) in [5, 5.41) is 90.4. The van der Waals surface area contributed by atoms with E-state index in [1.807, 2.05) is 0 Å². The molecular weight excluding hydrogens is 913 g/mol. The lowest BCUT2D eigenvalue weighted by molar-refractivity contribution is 0.324. The topological polar surface area (TPSA) is 0 Å². The molecule has 2 spiro atoms. The molecule has 5 aliphatic rings. The van der Waals surface area contributed by atoms with Crippen LogP contribution in [0.5, 0.6) is 0 Å². The smallest absolute Gasteiger partial charge is 0.0410 e. The Kier molecular flexibility index (Phi) is 2.59. The van der Waals surface area contributed by atoms with Crippen LogP contribution in [0.4, 0.5) is 0 Å². The lowest BCUT2D eigenvalue weighted by atomic mass is 9.43. The van der Waals surface area contributed by atoms with Crippen LogP contribution in [0.2, 0.25) is 0 Å². The van der Waals surface area contributed by atoms with E-state index in [1.54, 1.807) is 324 Å². The first-order valence-electron chi connectivity index (χ1n) is 28.5. The first-order chi connectivity index (χ1) is 37.9. The highest BCUT2D eigenvalue weighted by Crippen LogP contribution is 2.86. The fourth-order valence-corrected chi connectivity index (χ4v) is 26.8. The predicted octanol–water partition coefficient (Wildman–Crippen LogP) is 20.7. The van der Waals surface area contributed by atoms with Crippen molar-refractivity contribution in [3.63, 3.8) is 0 Å². The van der Waals surface area contributed by atoms with Gasteiger partial charge in [0.1, 0.15) is 0 Å². The average molecular weight is 927 g/mol. The van der Waals surface area contributed by atoms with Crippen LogP contribution in [0.1, 0.15) is 46.2 Å². The number of hydrogen-bond acceptors (Lipinski definition) is 0. The zero-order chi connectivity index (χ0) is 45.3. The largest absolute Gasteiger partial charge is 0.0622 e.